The van der Waals surface area contributed by atoms with Gasteiger partial charge in [-0.1, -0.05) is 34.9 Å². The minimum atomic E-state index is -0.286. The van der Waals surface area contributed by atoms with E-state index in [-0.39, 0.29) is 36.9 Å². The standard InChI is InChI=1S/C22H18N6O6S3/c29-19(25-23-7-13-1-3-15-17(5-13)33-11-31-15)9-35-21-27-28-22(37-21)36-10-20(30)26-24-8-14-2-4-16-18(6-14)34-12-32-16/h1-8H,9-12H2,(H,25,29)(H,26,30). The highest BCUT2D eigenvalue weighted by molar-refractivity contribution is 8.03. The van der Waals surface area contributed by atoms with Crippen molar-refractivity contribution in [1.82, 2.24) is 21.0 Å². The molecule has 2 aliphatic heterocycles. The maximum atomic E-state index is 12.1. The summed E-state index contributed by atoms with van der Waals surface area (Å²) in [5, 5.41) is 16.0. The third-order valence-corrected chi connectivity index (χ3v) is 7.83. The number of nitrogens with one attached hydrogen (secondary N) is 2. The number of ether oxygens (including phenoxy) is 4. The molecule has 15 heteroatoms. The van der Waals surface area contributed by atoms with Crippen LogP contribution in [0.5, 0.6) is 23.0 Å². The van der Waals surface area contributed by atoms with Crippen molar-refractivity contribution in [1.29, 1.82) is 0 Å². The smallest absolute Gasteiger partial charge is 0.250 e. The first-order chi connectivity index (χ1) is 18.1. The number of nitrogens with zero attached hydrogens (tertiary/aromatic N) is 4. The van der Waals surface area contributed by atoms with Gasteiger partial charge in [0, 0.05) is 0 Å². The summed E-state index contributed by atoms with van der Waals surface area (Å²) in [6.07, 6.45) is 3.04. The van der Waals surface area contributed by atoms with Crippen LogP contribution in [0, 0.1) is 0 Å². The van der Waals surface area contributed by atoms with Crippen LogP contribution in [-0.2, 0) is 9.59 Å². The van der Waals surface area contributed by atoms with Gasteiger partial charge in [-0.25, -0.2) is 10.9 Å². The van der Waals surface area contributed by atoms with Gasteiger partial charge in [0.1, 0.15) is 0 Å². The van der Waals surface area contributed by atoms with Crippen molar-refractivity contribution in [3.05, 3.63) is 47.5 Å². The molecule has 0 unspecified atom stereocenters. The fourth-order valence-electron chi connectivity index (χ4n) is 2.98. The second kappa shape index (κ2) is 11.9. The molecule has 2 aliphatic rings. The molecule has 0 bridgehead atoms. The van der Waals surface area contributed by atoms with E-state index >= 15 is 0 Å². The van der Waals surface area contributed by atoms with Gasteiger partial charge in [-0.05, 0) is 47.5 Å². The van der Waals surface area contributed by atoms with Crippen LogP contribution in [0.25, 0.3) is 0 Å². The quantitative estimate of drug-likeness (QED) is 0.216. The molecule has 0 saturated heterocycles. The highest BCUT2D eigenvalue weighted by Crippen LogP contribution is 2.33. The Balaban J connectivity index is 0.996. The molecule has 2 aromatic carbocycles. The predicted octanol–water partition coefficient (Wildman–Crippen LogP) is 2.48. The molecule has 2 amide bonds. The summed E-state index contributed by atoms with van der Waals surface area (Å²) in [7, 11) is 0. The van der Waals surface area contributed by atoms with Crippen LogP contribution in [0.4, 0.5) is 0 Å². The number of hydrazone groups is 2. The van der Waals surface area contributed by atoms with Crippen LogP contribution >= 0.6 is 34.9 Å². The first kappa shape index (κ1) is 24.9. The number of amides is 2. The number of hydrogen-bond donors (Lipinski definition) is 2. The largest absolute Gasteiger partial charge is 0.454 e. The van der Waals surface area contributed by atoms with Gasteiger partial charge in [0.05, 0.1) is 23.9 Å². The molecule has 5 rings (SSSR count). The van der Waals surface area contributed by atoms with Crippen LogP contribution in [0.2, 0.25) is 0 Å². The van der Waals surface area contributed by atoms with E-state index < -0.39 is 0 Å². The molecule has 0 spiro atoms. The lowest BCUT2D eigenvalue weighted by atomic mass is 10.2. The Morgan fingerprint density at radius 1 is 0.784 bits per heavy atom. The molecule has 190 valence electrons. The summed E-state index contributed by atoms with van der Waals surface area (Å²) in [6, 6.07) is 10.7. The first-order valence-electron chi connectivity index (χ1n) is 10.6. The van der Waals surface area contributed by atoms with Gasteiger partial charge in [-0.3, -0.25) is 9.59 Å². The monoisotopic (exact) mass is 558 g/mol. The van der Waals surface area contributed by atoms with E-state index in [9.17, 15) is 9.59 Å². The molecule has 0 aliphatic carbocycles. The molecule has 0 fully saturated rings. The lowest BCUT2D eigenvalue weighted by molar-refractivity contribution is -0.119. The number of benzene rings is 2. The van der Waals surface area contributed by atoms with Crippen LogP contribution in [0.3, 0.4) is 0 Å². The van der Waals surface area contributed by atoms with E-state index in [1.54, 1.807) is 24.3 Å². The average molecular weight is 559 g/mol. The van der Waals surface area contributed by atoms with Crippen molar-refractivity contribution >= 4 is 59.1 Å². The zero-order chi connectivity index (χ0) is 25.5. The van der Waals surface area contributed by atoms with Crippen LogP contribution < -0.4 is 29.8 Å². The summed E-state index contributed by atoms with van der Waals surface area (Å²) in [4.78, 5) is 24.1. The van der Waals surface area contributed by atoms with E-state index in [1.807, 2.05) is 12.1 Å². The normalized spacial score (nSPS) is 13.4. The molecule has 3 heterocycles. The molecule has 2 N–H and O–H groups in total. The highest BCUT2D eigenvalue weighted by Gasteiger charge is 2.14. The zero-order valence-corrected chi connectivity index (χ0v) is 21.4. The van der Waals surface area contributed by atoms with E-state index in [1.165, 1.54) is 47.3 Å². The third kappa shape index (κ3) is 6.90. The summed E-state index contributed by atoms with van der Waals surface area (Å²) < 4.78 is 22.4. The number of carbonyl (C=O) groups is 2. The molecule has 37 heavy (non-hydrogen) atoms. The van der Waals surface area contributed by atoms with Crippen LogP contribution in [0.15, 0.2) is 55.3 Å². The van der Waals surface area contributed by atoms with Crippen LogP contribution in [-0.4, -0.2) is 59.5 Å². The Labute approximate surface area is 222 Å². The number of fused-ring (bicyclic) bond motifs is 2. The SMILES string of the molecule is O=C(CSc1nnc(SCC(=O)NN=Cc2ccc3c(c2)OCO3)s1)NN=Cc1ccc2c(c1)OCO2. The maximum absolute atomic E-state index is 12.1. The molecular weight excluding hydrogens is 540 g/mol. The number of hydrogen-bond acceptors (Lipinski definition) is 13. The van der Waals surface area contributed by atoms with Crippen molar-refractivity contribution in [2.75, 3.05) is 25.1 Å². The van der Waals surface area contributed by atoms with Crippen molar-refractivity contribution < 1.29 is 28.5 Å². The van der Waals surface area contributed by atoms with E-state index in [0.29, 0.717) is 31.7 Å². The molecular formula is C22H18N6O6S3. The molecule has 1 aromatic heterocycles. The van der Waals surface area contributed by atoms with Gasteiger partial charge < -0.3 is 18.9 Å². The first-order valence-corrected chi connectivity index (χ1v) is 13.4. The Kier molecular flexibility index (Phi) is 8.02. The minimum Gasteiger partial charge on any atom is -0.454 e. The lowest BCUT2D eigenvalue weighted by Gasteiger charge is -1.99. The summed E-state index contributed by atoms with van der Waals surface area (Å²) >= 11 is 3.76. The summed E-state index contributed by atoms with van der Waals surface area (Å²) in [5.41, 5.74) is 6.48. The van der Waals surface area contributed by atoms with Crippen molar-refractivity contribution in [2.45, 2.75) is 8.68 Å². The Morgan fingerprint density at radius 3 is 1.73 bits per heavy atom. The molecule has 0 radical (unpaired) electrons. The zero-order valence-electron chi connectivity index (χ0n) is 18.9. The fraction of sp³-hybridized carbons (Fsp3) is 0.182. The summed E-state index contributed by atoms with van der Waals surface area (Å²) in [6.45, 7) is 0.390. The lowest BCUT2D eigenvalue weighted by Crippen LogP contribution is -2.19. The van der Waals surface area contributed by atoms with Crippen LogP contribution in [0.1, 0.15) is 11.1 Å². The van der Waals surface area contributed by atoms with Gasteiger partial charge in [-0.2, -0.15) is 10.2 Å². The van der Waals surface area contributed by atoms with Gasteiger partial charge in [0.25, 0.3) is 11.8 Å². The van der Waals surface area contributed by atoms with Crippen molar-refractivity contribution in [2.24, 2.45) is 10.2 Å². The fourth-order valence-corrected chi connectivity index (χ4v) is 5.58. The Morgan fingerprint density at radius 2 is 1.24 bits per heavy atom. The average Bonchev–Trinajstić information content (AvgIpc) is 3.66. The molecule has 3 aromatic rings. The third-order valence-electron chi connectivity index (χ3n) is 4.64. The van der Waals surface area contributed by atoms with E-state index in [4.69, 9.17) is 18.9 Å². The summed E-state index contributed by atoms with van der Waals surface area (Å²) in [5.74, 6) is 2.30. The van der Waals surface area contributed by atoms with Gasteiger partial charge in [0.2, 0.25) is 13.6 Å². The second-order valence-electron chi connectivity index (χ2n) is 7.22. The second-order valence-corrected chi connectivity index (χ2v) is 10.6. The van der Waals surface area contributed by atoms with Gasteiger partial charge in [-0.15, -0.1) is 10.2 Å². The highest BCUT2D eigenvalue weighted by atomic mass is 32.2. The van der Waals surface area contributed by atoms with Crippen molar-refractivity contribution in [3.8, 4) is 23.0 Å². The Bertz CT molecular complexity index is 1260. The minimum absolute atomic E-state index is 0.118. The van der Waals surface area contributed by atoms with E-state index in [0.717, 1.165) is 11.1 Å². The number of aromatic nitrogens is 2. The molecule has 12 nitrogen and oxygen atoms in total. The molecule has 0 atom stereocenters. The number of carbonyl (C=O) groups excluding carboxylic acids is 2. The predicted molar refractivity (Wildman–Crippen MR) is 138 cm³/mol. The molecule has 0 saturated carbocycles. The topological polar surface area (TPSA) is 146 Å². The van der Waals surface area contributed by atoms with Gasteiger partial charge in [0.15, 0.2) is 31.7 Å². The maximum Gasteiger partial charge on any atom is 0.250 e. The van der Waals surface area contributed by atoms with E-state index in [2.05, 4.69) is 31.3 Å². The van der Waals surface area contributed by atoms with Gasteiger partial charge >= 0.3 is 0 Å². The van der Waals surface area contributed by atoms with Crippen molar-refractivity contribution in [3.63, 3.8) is 0 Å². The number of rotatable bonds is 10. The number of thioether (sulfide) groups is 2. The Hall–Kier alpha value is -3.82.